The van der Waals surface area contributed by atoms with Gasteiger partial charge < -0.3 is 10.2 Å². The second-order valence-corrected chi connectivity index (χ2v) is 36.1. The molecule has 0 bridgehead atoms. The number of carbonyl (C=O) groups excluding carboxylic acids is 1. The van der Waals surface area contributed by atoms with E-state index in [1.807, 2.05) is 133 Å². The zero-order chi connectivity index (χ0) is 99.0. The summed E-state index contributed by atoms with van der Waals surface area (Å²) in [7, 11) is 0. The van der Waals surface area contributed by atoms with Crippen LogP contribution in [-0.2, 0) is 10.8 Å². The Morgan fingerprint density at radius 3 is 0.778 bits per heavy atom. The number of rotatable bonds is 16. The third-order valence-corrected chi connectivity index (χ3v) is 27.5. The molecule has 0 saturated carbocycles. The van der Waals surface area contributed by atoms with Crippen LogP contribution in [0.25, 0.3) is 77.9 Å². The van der Waals surface area contributed by atoms with Gasteiger partial charge in [-0.2, -0.15) is 31.6 Å². The minimum absolute atomic E-state index is 0. The van der Waals surface area contributed by atoms with E-state index in [0.29, 0.717) is 44.5 Å². The summed E-state index contributed by atoms with van der Waals surface area (Å²) >= 11 is 15.1. The fourth-order valence-corrected chi connectivity index (χ4v) is 20.2. The van der Waals surface area contributed by atoms with E-state index >= 15 is 0 Å². The van der Waals surface area contributed by atoms with Crippen LogP contribution in [-0.4, -0.2) is 5.78 Å². The lowest BCUT2D eigenvalue weighted by molar-refractivity contribution is 0.103. The number of nitrogens with one attached hydrogen (secondary N) is 1. The van der Waals surface area contributed by atoms with Gasteiger partial charge in [-0.15, -0.1) is 24.0 Å². The van der Waals surface area contributed by atoms with Crippen LogP contribution in [0.4, 0.5) is 28.4 Å². The third-order valence-electron chi connectivity index (χ3n) is 25.4. The molecule has 0 aliphatic heterocycles. The minimum Gasteiger partial charge on any atom is -0.356 e. The molecule has 20 aromatic carbocycles. The molecule has 0 aromatic heterocycles. The molecule has 0 atom stereocenters. The quantitative estimate of drug-likeness (QED) is 0.0729. The molecule has 2 aliphatic rings. The minimum atomic E-state index is -0.704. The van der Waals surface area contributed by atoms with E-state index in [9.17, 15) is 25.8 Å². The second-order valence-electron chi connectivity index (χ2n) is 33.5. The van der Waals surface area contributed by atoms with Crippen LogP contribution >= 0.6 is 109 Å². The van der Waals surface area contributed by atoms with Gasteiger partial charge in [-0.25, -0.2) is 0 Å². The van der Waals surface area contributed by atoms with Crippen LogP contribution in [0.15, 0.2) is 511 Å². The molecule has 0 fully saturated rings. The first kappa shape index (κ1) is 101. The Morgan fingerprint density at radius 1 is 0.236 bits per heavy atom. The number of ketones is 1. The number of nitriles is 6. The molecule has 2 aliphatic carbocycles. The molecule has 144 heavy (non-hydrogen) atoms. The Labute approximate surface area is 905 Å². The number of fused-ring (bicyclic) bond motifs is 6. The number of nitrogens with zero attached hydrogens (tertiary/aromatic N) is 7. The Kier molecular flexibility index (Phi) is 33.8. The molecule has 15 heteroatoms. The van der Waals surface area contributed by atoms with Gasteiger partial charge in [0.05, 0.1) is 86.3 Å². The van der Waals surface area contributed by atoms with Crippen molar-refractivity contribution < 1.29 is 4.79 Å². The van der Waals surface area contributed by atoms with Crippen LogP contribution in [0.1, 0.15) is 93.8 Å². The highest BCUT2D eigenvalue weighted by Gasteiger charge is 2.49. The van der Waals surface area contributed by atoms with Gasteiger partial charge in [0.2, 0.25) is 0 Å². The predicted molar refractivity (Wildman–Crippen MR) is 623 cm³/mol. The summed E-state index contributed by atoms with van der Waals surface area (Å²) < 4.78 is 3.29. The Bertz CT molecular complexity index is 7790. The van der Waals surface area contributed by atoms with Crippen LogP contribution in [0.3, 0.4) is 0 Å². The number of carbonyl (C=O) groups is 1. The molecule has 0 unspecified atom stereocenters. The van der Waals surface area contributed by atoms with E-state index in [-0.39, 0.29) is 29.8 Å². The molecular weight excluding hydrogens is 2300 g/mol. The zero-order valence-corrected chi connectivity index (χ0v) is 88.6. The molecule has 0 spiro atoms. The summed E-state index contributed by atoms with van der Waals surface area (Å²) in [4.78, 5) is 14.4. The smallest absolute Gasteiger partial charge is 0.193 e. The van der Waals surface area contributed by atoms with Gasteiger partial charge in [-0.1, -0.05) is 375 Å². The molecule has 0 saturated heterocycles. The lowest BCUT2D eigenvalue weighted by Gasteiger charge is -2.34. The van der Waals surface area contributed by atoms with Crippen LogP contribution in [0.5, 0.6) is 0 Å². The van der Waals surface area contributed by atoms with Gasteiger partial charge in [0.25, 0.3) is 0 Å². The second kappa shape index (κ2) is 48.1. The highest BCUT2D eigenvalue weighted by Crippen LogP contribution is 2.61. The third kappa shape index (κ3) is 22.0. The van der Waals surface area contributed by atoms with Crippen molar-refractivity contribution in [2.24, 2.45) is 0 Å². The fraction of sp³-hybridized carbons (Fsp3) is 0.0155. The zero-order valence-electron chi connectivity index (χ0n) is 77.2. The highest BCUT2D eigenvalue weighted by atomic mass is 128. The Balaban J connectivity index is 0.000000140. The molecule has 0 amide bonds. The SMILES string of the molecule is Brc1ccccc1-c1ccccc1Br.I.II.N#Cc1ccc(C(=O)c2ccc(C#N)cc2)cc1.N#Cc1ccc(C2(c3ccc(C#N)cc3)c3ccccc3-c3c(Br)cccc32)cc1.N#Cc1ccc(C2(c3ccc(C#N)cc3)c3ccccc3-c3c(N(c4ccc(-c5ccccc5)cc4)c4ccc(-c5ccccc5)cc4)cccc32)cc1.c1ccc(-c2ccc(Nc3ccc(-c4ccccc4)cc3)cc2)cc1. The highest BCUT2D eigenvalue weighted by molar-refractivity contribution is 15.0. The fourth-order valence-electron chi connectivity index (χ4n) is 18.7. The van der Waals surface area contributed by atoms with Crippen molar-refractivity contribution in [3.05, 3.63) is 600 Å². The van der Waals surface area contributed by atoms with Crippen molar-refractivity contribution in [1.82, 2.24) is 0 Å². The molecule has 22 rings (SSSR count). The van der Waals surface area contributed by atoms with Gasteiger partial charge in [0.15, 0.2) is 5.78 Å². The summed E-state index contributed by atoms with van der Waals surface area (Å²) in [5.41, 5.74) is 34.3. The molecule has 0 radical (unpaired) electrons. The monoisotopic (exact) mass is 2380 g/mol. The number of hydrogen-bond donors (Lipinski definition) is 1. The van der Waals surface area contributed by atoms with Crippen LogP contribution in [0, 0.1) is 68.0 Å². The van der Waals surface area contributed by atoms with E-state index in [1.54, 1.807) is 48.5 Å². The van der Waals surface area contributed by atoms with E-state index < -0.39 is 10.8 Å². The van der Waals surface area contributed by atoms with Crippen molar-refractivity contribution >= 4 is 143 Å². The van der Waals surface area contributed by atoms with Gasteiger partial charge >= 0.3 is 0 Å². The van der Waals surface area contributed by atoms with Crippen molar-refractivity contribution in [2.45, 2.75) is 10.8 Å². The van der Waals surface area contributed by atoms with Gasteiger partial charge in [-0.3, -0.25) is 4.79 Å². The Morgan fingerprint density at radius 2 is 0.472 bits per heavy atom. The maximum Gasteiger partial charge on any atom is 0.193 e. The van der Waals surface area contributed by atoms with Crippen molar-refractivity contribution in [3.63, 3.8) is 0 Å². The normalized spacial score (nSPS) is 11.3. The van der Waals surface area contributed by atoms with Gasteiger partial charge in [0, 0.05) is 95.7 Å². The molecular formula is C129H84Br3I3N8O. The largest absolute Gasteiger partial charge is 0.356 e. The summed E-state index contributed by atoms with van der Waals surface area (Å²) in [6, 6.07) is 181. The first-order valence-corrected chi connectivity index (χ1v) is 54.5. The lowest BCUT2D eigenvalue weighted by atomic mass is 9.67. The standard InChI is InChI=1S/C51H33N3.C27H15BrN2.C24H19N.C15H8N2O.C12H8Br2.I2.HI/c52-34-36-18-26-42(27-19-36)51(43-28-20-37(35-53)21-29-43)47-15-8-7-14-46(47)50-48(51)16-9-17-49(50)54(44-30-22-40(23-31-44)38-10-3-1-4-11-38)45-32-24-41(25-33-45)39-12-5-2-6-13-39;28-25-7-3-6-24-26(25)22-4-1-2-5-23(22)27(24,20-12-8-18(16-29)9-13-20)21-14-10-19(17-30)11-15-21;1-3-7-19(8-4-1)21-11-15-23(16-12-21)25-24-17-13-22(14-18-24)20-9-5-2-6-10-20;16-9-11-1-5-13(6-2-11)15(18)14-7-3-12(10-17)4-8-14;13-11-7-3-1-5-9(11)10-6-2-4-8-12(10)14;1-2;/h1-33H;1-15H;1-18,25H;1-8H;1-8H;;1H. The molecule has 0 heterocycles. The average molecular weight is 2380 g/mol. The molecule has 9 nitrogen and oxygen atoms in total. The van der Waals surface area contributed by atoms with Crippen molar-refractivity contribution in [3.8, 4) is 114 Å². The molecule has 688 valence electrons. The van der Waals surface area contributed by atoms with Gasteiger partial charge in [0.1, 0.15) is 0 Å². The first-order valence-electron chi connectivity index (χ1n) is 45.8. The number of benzene rings is 20. The topological polar surface area (TPSA) is 175 Å². The van der Waals surface area contributed by atoms with Crippen molar-refractivity contribution in [2.75, 3.05) is 10.2 Å². The first-order chi connectivity index (χ1) is 70.3. The van der Waals surface area contributed by atoms with E-state index in [4.69, 9.17) is 10.5 Å². The maximum absolute atomic E-state index is 12.1. The predicted octanol–water partition coefficient (Wildman–Crippen LogP) is 35.8. The van der Waals surface area contributed by atoms with Crippen LogP contribution < -0.4 is 10.2 Å². The average Bonchev–Trinajstić information content (AvgIpc) is 1.54. The van der Waals surface area contributed by atoms with Crippen LogP contribution in [0.2, 0.25) is 0 Å². The molecule has 1 N–H and O–H groups in total. The number of hydrogen-bond acceptors (Lipinski definition) is 9. The van der Waals surface area contributed by atoms with E-state index in [1.165, 1.54) is 66.8 Å². The number of anilines is 5. The Hall–Kier alpha value is -15.8. The van der Waals surface area contributed by atoms with E-state index in [0.717, 1.165) is 97.5 Å². The van der Waals surface area contributed by atoms with Crippen molar-refractivity contribution in [1.29, 1.82) is 31.6 Å². The maximum atomic E-state index is 12.1. The summed E-state index contributed by atoms with van der Waals surface area (Å²) in [6.07, 6.45) is 0. The van der Waals surface area contributed by atoms with E-state index in [2.05, 4.69) is 447 Å². The summed E-state index contributed by atoms with van der Waals surface area (Å²) in [5, 5.41) is 58.9. The lowest BCUT2D eigenvalue weighted by Crippen LogP contribution is -2.28. The summed E-state index contributed by atoms with van der Waals surface area (Å²) in [6.45, 7) is 0. The summed E-state index contributed by atoms with van der Waals surface area (Å²) in [5.74, 6) is -0.121. The molecule has 20 aromatic rings. The number of halogens is 6. The van der Waals surface area contributed by atoms with Gasteiger partial charge in [-0.05, 0) is 281 Å².